The summed E-state index contributed by atoms with van der Waals surface area (Å²) in [4.78, 5) is 21.7. The number of halogens is 1. The van der Waals surface area contributed by atoms with E-state index in [1.165, 1.54) is 13.1 Å². The van der Waals surface area contributed by atoms with Gasteiger partial charge in [-0.15, -0.1) is 10.2 Å². The Bertz CT molecular complexity index is 913. The summed E-state index contributed by atoms with van der Waals surface area (Å²) in [5.41, 5.74) is 2.20. The van der Waals surface area contributed by atoms with Crippen LogP contribution < -0.4 is 0 Å². The molecule has 130 valence electrons. The second-order valence-electron chi connectivity index (χ2n) is 5.86. The van der Waals surface area contributed by atoms with Gasteiger partial charge in [-0.2, -0.15) is 5.10 Å². The van der Waals surface area contributed by atoms with Crippen LogP contribution in [0.1, 0.15) is 48.3 Å². The molecule has 1 unspecified atom stereocenters. The molecule has 1 aliphatic rings. The summed E-state index contributed by atoms with van der Waals surface area (Å²) in [6.45, 7) is 3.79. The van der Waals surface area contributed by atoms with E-state index in [-0.39, 0.29) is 23.7 Å². The zero-order valence-corrected chi connectivity index (χ0v) is 13.7. The van der Waals surface area contributed by atoms with Crippen LogP contribution in [0.4, 0.5) is 4.39 Å². The van der Waals surface area contributed by atoms with E-state index in [9.17, 15) is 9.18 Å². The van der Waals surface area contributed by atoms with Crippen molar-refractivity contribution >= 4 is 5.91 Å². The first-order valence-electron chi connectivity index (χ1n) is 7.91. The number of imidazole rings is 1. The third kappa shape index (κ3) is 2.59. The number of hydrogen-bond acceptors (Lipinski definition) is 6. The maximum absolute atomic E-state index is 13.2. The summed E-state index contributed by atoms with van der Waals surface area (Å²) in [7, 11) is 0. The number of fused-ring (bicyclic) bond motifs is 1. The van der Waals surface area contributed by atoms with Crippen molar-refractivity contribution in [2.45, 2.75) is 32.6 Å². The van der Waals surface area contributed by atoms with Crippen LogP contribution in [-0.2, 0) is 6.42 Å². The molecule has 4 heterocycles. The Labute approximate surface area is 141 Å². The molecule has 0 aromatic carbocycles. The van der Waals surface area contributed by atoms with Crippen LogP contribution in [0.3, 0.4) is 0 Å². The Morgan fingerprint density at radius 2 is 2.32 bits per heavy atom. The third-order valence-corrected chi connectivity index (χ3v) is 4.28. The van der Waals surface area contributed by atoms with E-state index < -0.39 is 6.30 Å². The van der Waals surface area contributed by atoms with Crippen LogP contribution in [0.5, 0.6) is 0 Å². The van der Waals surface area contributed by atoms with Crippen LogP contribution >= 0.6 is 0 Å². The molecule has 9 nitrogen and oxygen atoms in total. The molecule has 25 heavy (non-hydrogen) atoms. The maximum atomic E-state index is 13.2. The molecule has 3 aromatic rings. The van der Waals surface area contributed by atoms with Gasteiger partial charge in [-0.25, -0.2) is 14.1 Å². The van der Waals surface area contributed by atoms with E-state index in [1.54, 1.807) is 17.3 Å². The van der Waals surface area contributed by atoms with Gasteiger partial charge in [0, 0.05) is 24.9 Å². The molecule has 0 radical (unpaired) electrons. The van der Waals surface area contributed by atoms with Gasteiger partial charge < -0.3 is 14.3 Å². The lowest BCUT2D eigenvalue weighted by atomic mass is 10.0. The van der Waals surface area contributed by atoms with Crippen LogP contribution in [-0.4, -0.2) is 47.3 Å². The Morgan fingerprint density at radius 1 is 1.48 bits per heavy atom. The lowest BCUT2D eigenvalue weighted by Gasteiger charge is -2.31. The summed E-state index contributed by atoms with van der Waals surface area (Å²) in [6, 6.07) is 1.36. The quantitative estimate of drug-likeness (QED) is 0.777. The molecule has 10 heteroatoms. The van der Waals surface area contributed by atoms with E-state index in [2.05, 4.69) is 25.3 Å². The standard InChI is InChI=1S/C15H16FN7O2/c1-8-12-10(17-7-18-12)3-5-22(8)15(24)14-20-19-13(25-14)11-4-6-23(21-11)9(2)16/h4,6-9H,3,5H2,1-2H3,(H,17,18)/t8-,9?/m1/s1. The SMILES string of the molecule is CC(F)n1ccc(-c2nnc(C(=O)N3CCc4[nH]cnc4[C@H]3C)o2)n1. The van der Waals surface area contributed by atoms with E-state index in [4.69, 9.17) is 4.42 Å². The van der Waals surface area contributed by atoms with Gasteiger partial charge in [0.05, 0.1) is 18.1 Å². The van der Waals surface area contributed by atoms with Gasteiger partial charge in [0.1, 0.15) is 5.69 Å². The minimum Gasteiger partial charge on any atom is -0.411 e. The highest BCUT2D eigenvalue weighted by Crippen LogP contribution is 2.28. The molecule has 0 saturated heterocycles. The number of nitrogens with one attached hydrogen (secondary N) is 1. The van der Waals surface area contributed by atoms with Crippen molar-refractivity contribution < 1.29 is 13.6 Å². The topological polar surface area (TPSA) is 106 Å². The van der Waals surface area contributed by atoms with Gasteiger partial charge in [0.25, 0.3) is 5.89 Å². The van der Waals surface area contributed by atoms with Crippen LogP contribution in [0.15, 0.2) is 23.0 Å². The molecule has 2 atom stereocenters. The van der Waals surface area contributed by atoms with Gasteiger partial charge in [-0.3, -0.25) is 4.79 Å². The van der Waals surface area contributed by atoms with Crippen molar-refractivity contribution in [1.29, 1.82) is 0 Å². The van der Waals surface area contributed by atoms with Crippen LogP contribution in [0.25, 0.3) is 11.6 Å². The fourth-order valence-electron chi connectivity index (χ4n) is 2.93. The fourth-order valence-corrected chi connectivity index (χ4v) is 2.93. The monoisotopic (exact) mass is 345 g/mol. The van der Waals surface area contributed by atoms with Crippen molar-refractivity contribution in [3.05, 3.63) is 35.9 Å². The molecule has 0 bridgehead atoms. The maximum Gasteiger partial charge on any atom is 0.311 e. The Balaban J connectivity index is 1.56. The number of aromatic nitrogens is 6. The van der Waals surface area contributed by atoms with Crippen molar-refractivity contribution in [2.24, 2.45) is 0 Å². The summed E-state index contributed by atoms with van der Waals surface area (Å²) < 4.78 is 19.8. The van der Waals surface area contributed by atoms with E-state index >= 15 is 0 Å². The average molecular weight is 345 g/mol. The lowest BCUT2D eigenvalue weighted by molar-refractivity contribution is 0.0632. The number of H-pyrrole nitrogens is 1. The molecule has 1 aliphatic heterocycles. The van der Waals surface area contributed by atoms with Gasteiger partial charge in [-0.05, 0) is 19.9 Å². The minimum absolute atomic E-state index is 0.0767. The van der Waals surface area contributed by atoms with Gasteiger partial charge in [-0.1, -0.05) is 0 Å². The third-order valence-electron chi connectivity index (χ3n) is 4.28. The molecule has 1 N–H and O–H groups in total. The van der Waals surface area contributed by atoms with E-state index in [0.29, 0.717) is 18.7 Å². The Morgan fingerprint density at radius 3 is 3.08 bits per heavy atom. The second-order valence-corrected chi connectivity index (χ2v) is 5.86. The molecule has 0 saturated carbocycles. The lowest BCUT2D eigenvalue weighted by Crippen LogP contribution is -2.39. The highest BCUT2D eigenvalue weighted by molar-refractivity contribution is 5.90. The number of amides is 1. The average Bonchev–Trinajstić information content (AvgIpc) is 3.33. The number of hydrogen-bond donors (Lipinski definition) is 1. The number of carbonyl (C=O) groups excluding carboxylic acids is 1. The minimum atomic E-state index is -1.27. The van der Waals surface area contributed by atoms with Crippen LogP contribution in [0, 0.1) is 0 Å². The smallest absolute Gasteiger partial charge is 0.311 e. The van der Waals surface area contributed by atoms with Crippen molar-refractivity contribution in [1.82, 2.24) is 34.8 Å². The number of rotatable bonds is 3. The summed E-state index contributed by atoms with van der Waals surface area (Å²) in [6.07, 6.45) is 2.51. The van der Waals surface area contributed by atoms with Gasteiger partial charge >= 0.3 is 11.8 Å². The molecular formula is C15H16FN7O2. The van der Waals surface area contributed by atoms with Crippen LogP contribution in [0.2, 0.25) is 0 Å². The molecule has 1 amide bonds. The predicted octanol–water partition coefficient (Wildman–Crippen LogP) is 1.90. The molecule has 0 fully saturated rings. The second kappa shape index (κ2) is 5.80. The number of alkyl halides is 1. The largest absolute Gasteiger partial charge is 0.411 e. The van der Waals surface area contributed by atoms with Gasteiger partial charge in [0.15, 0.2) is 6.30 Å². The normalized spacial score (nSPS) is 18.2. The van der Waals surface area contributed by atoms with E-state index in [1.807, 2.05) is 6.92 Å². The fraction of sp³-hybridized carbons (Fsp3) is 0.400. The van der Waals surface area contributed by atoms with Crippen molar-refractivity contribution in [3.8, 4) is 11.6 Å². The Hall–Kier alpha value is -3.04. The number of nitrogens with zero attached hydrogens (tertiary/aromatic N) is 6. The highest BCUT2D eigenvalue weighted by atomic mass is 19.1. The molecule has 3 aromatic heterocycles. The first-order valence-corrected chi connectivity index (χ1v) is 7.91. The summed E-state index contributed by atoms with van der Waals surface area (Å²) in [5, 5.41) is 11.7. The zero-order valence-electron chi connectivity index (χ0n) is 13.7. The van der Waals surface area contributed by atoms with Crippen molar-refractivity contribution in [3.63, 3.8) is 0 Å². The summed E-state index contributed by atoms with van der Waals surface area (Å²) in [5.74, 6) is -0.408. The number of aromatic amines is 1. The molecule has 4 rings (SSSR count). The van der Waals surface area contributed by atoms with E-state index in [0.717, 1.165) is 16.1 Å². The highest BCUT2D eigenvalue weighted by Gasteiger charge is 2.33. The summed E-state index contributed by atoms with van der Waals surface area (Å²) >= 11 is 0. The Kier molecular flexibility index (Phi) is 3.59. The van der Waals surface area contributed by atoms with Crippen molar-refractivity contribution in [2.75, 3.05) is 6.54 Å². The first kappa shape index (κ1) is 15.5. The predicted molar refractivity (Wildman–Crippen MR) is 83.1 cm³/mol. The zero-order chi connectivity index (χ0) is 17.6. The molecule has 0 aliphatic carbocycles. The molecular weight excluding hydrogens is 329 g/mol. The number of carbonyl (C=O) groups is 1. The molecule has 0 spiro atoms. The van der Waals surface area contributed by atoms with Gasteiger partial charge in [0.2, 0.25) is 0 Å². The first-order chi connectivity index (χ1) is 12.0.